The third-order valence-electron chi connectivity index (χ3n) is 19.3. The van der Waals surface area contributed by atoms with E-state index < -0.39 is 0 Å². The summed E-state index contributed by atoms with van der Waals surface area (Å²) in [6.45, 7) is 34.3. The first-order chi connectivity index (χ1) is 33.9. The molecule has 0 saturated heterocycles. The van der Waals surface area contributed by atoms with Crippen molar-refractivity contribution in [2.24, 2.45) is 0 Å². The number of hydrogen-bond acceptors (Lipinski definition) is 2. The van der Waals surface area contributed by atoms with Gasteiger partial charge < -0.3 is 10.2 Å². The molecule has 7 aromatic rings. The SMILES string of the molecule is CC1(C)CCC(C)(C)c2cc(Nc3c(-c4cc(-c5ccccc5)cc5c4[B]c4cc6c(cc4N5c4ccc5c(c4)C(C)(C)CCC5(C)C)C(C)(C)CCC6(C)C)ccc4c3-c3ccccc3C4(C)C)ccc21. The molecule has 0 bridgehead atoms. The second-order valence-corrected chi connectivity index (χ2v) is 27.3. The van der Waals surface area contributed by atoms with Crippen molar-refractivity contribution in [3.05, 3.63) is 172 Å². The van der Waals surface area contributed by atoms with Crippen LogP contribution < -0.4 is 21.1 Å². The topological polar surface area (TPSA) is 15.3 Å². The molecule has 72 heavy (non-hydrogen) atoms. The molecular formula is C69H76BN2. The molecule has 2 nitrogen and oxygen atoms in total. The Bertz CT molecular complexity index is 3390. The quantitative estimate of drug-likeness (QED) is 0.173. The highest BCUT2D eigenvalue weighted by Gasteiger charge is 2.44. The molecule has 1 aliphatic heterocycles. The summed E-state index contributed by atoms with van der Waals surface area (Å²) >= 11 is 0. The zero-order valence-corrected chi connectivity index (χ0v) is 45.9. The minimum atomic E-state index is -0.162. The van der Waals surface area contributed by atoms with Crippen molar-refractivity contribution in [3.63, 3.8) is 0 Å². The highest BCUT2D eigenvalue weighted by molar-refractivity contribution is 6.73. The first kappa shape index (κ1) is 47.2. The Morgan fingerprint density at radius 3 is 1.56 bits per heavy atom. The number of fused-ring (bicyclic) bond motifs is 8. The molecule has 1 N–H and O–H groups in total. The maximum Gasteiger partial charge on any atom is 0.197 e. The van der Waals surface area contributed by atoms with E-state index in [2.05, 4.69) is 242 Å². The minimum absolute atomic E-state index is 0.0570. The summed E-state index contributed by atoms with van der Waals surface area (Å²) in [5.74, 6) is 0. The Balaban J connectivity index is 1.17. The molecule has 7 aromatic carbocycles. The number of nitrogens with zero attached hydrogens (tertiary/aromatic N) is 1. The lowest BCUT2D eigenvalue weighted by atomic mass is 9.55. The molecule has 1 heterocycles. The van der Waals surface area contributed by atoms with Crippen molar-refractivity contribution < 1.29 is 0 Å². The minimum Gasteiger partial charge on any atom is -0.354 e. The van der Waals surface area contributed by atoms with Gasteiger partial charge in [-0.25, -0.2) is 0 Å². The third-order valence-corrected chi connectivity index (χ3v) is 19.3. The Morgan fingerprint density at radius 2 is 0.917 bits per heavy atom. The summed E-state index contributed by atoms with van der Waals surface area (Å²) in [6.07, 6.45) is 7.08. The largest absolute Gasteiger partial charge is 0.354 e. The predicted molar refractivity (Wildman–Crippen MR) is 310 cm³/mol. The van der Waals surface area contributed by atoms with Gasteiger partial charge in [0.25, 0.3) is 0 Å². The standard InChI is InChI=1S/C69H76BN2/c1-63(2)30-32-65(5,6)53-38-44(24-27-50(53)63)71-62-46(26-29-52-60(62)47-22-18-19-23-49(47)69(52,13)14)48-36-43(42-20-16-15-17-21-42)37-59-61(48)70-57-40-55-56(68(11,12)35-34-67(55,9)10)41-58(57)72(59)45-25-28-51-54(39-45)66(7,8)33-31-64(51,3)4/h15-29,36-41,71H,30-35H2,1-14H3. The Hall–Kier alpha value is -5.80. The van der Waals surface area contributed by atoms with Crippen molar-refractivity contribution in [2.75, 3.05) is 10.2 Å². The molecule has 0 aromatic heterocycles. The molecule has 0 amide bonds. The van der Waals surface area contributed by atoms with E-state index in [0.29, 0.717) is 0 Å². The van der Waals surface area contributed by atoms with Crippen LogP contribution in [0.2, 0.25) is 0 Å². The zero-order chi connectivity index (χ0) is 50.7. The van der Waals surface area contributed by atoms with Crippen LogP contribution in [0, 0.1) is 0 Å². The van der Waals surface area contributed by atoms with Gasteiger partial charge in [0.15, 0.2) is 7.28 Å². The molecule has 0 saturated carbocycles. The van der Waals surface area contributed by atoms with Gasteiger partial charge >= 0.3 is 0 Å². The van der Waals surface area contributed by atoms with Gasteiger partial charge in [-0.3, -0.25) is 0 Å². The second kappa shape index (κ2) is 15.6. The average molecular weight is 944 g/mol. The highest BCUT2D eigenvalue weighted by atomic mass is 15.2. The van der Waals surface area contributed by atoms with Crippen LogP contribution in [0.3, 0.4) is 0 Å². The van der Waals surface area contributed by atoms with Gasteiger partial charge in [-0.2, -0.15) is 0 Å². The van der Waals surface area contributed by atoms with E-state index in [4.69, 9.17) is 0 Å². The van der Waals surface area contributed by atoms with Crippen LogP contribution in [0.5, 0.6) is 0 Å². The molecule has 1 radical (unpaired) electrons. The zero-order valence-electron chi connectivity index (χ0n) is 45.9. The number of rotatable bonds is 5. The van der Waals surface area contributed by atoms with Gasteiger partial charge in [0.1, 0.15) is 0 Å². The van der Waals surface area contributed by atoms with Crippen LogP contribution in [0.15, 0.2) is 127 Å². The normalized spacial score (nSPS) is 20.3. The molecule has 0 unspecified atom stereocenters. The van der Waals surface area contributed by atoms with Gasteiger partial charge in [0.2, 0.25) is 0 Å². The first-order valence-corrected chi connectivity index (χ1v) is 27.3. The van der Waals surface area contributed by atoms with Gasteiger partial charge in [0, 0.05) is 39.3 Å². The smallest absolute Gasteiger partial charge is 0.197 e. The number of hydrogen-bond donors (Lipinski definition) is 1. The molecule has 0 spiro atoms. The van der Waals surface area contributed by atoms with E-state index in [-0.39, 0.29) is 37.9 Å². The summed E-state index contributed by atoms with van der Waals surface area (Å²) in [4.78, 5) is 2.67. The van der Waals surface area contributed by atoms with E-state index in [1.807, 2.05) is 0 Å². The van der Waals surface area contributed by atoms with E-state index in [9.17, 15) is 0 Å². The fourth-order valence-corrected chi connectivity index (χ4v) is 14.2. The Morgan fingerprint density at radius 1 is 0.389 bits per heavy atom. The summed E-state index contributed by atoms with van der Waals surface area (Å²) in [5, 5.41) is 4.28. The highest BCUT2D eigenvalue weighted by Crippen LogP contribution is 2.57. The summed E-state index contributed by atoms with van der Waals surface area (Å²) in [7, 11) is 2.56. The molecule has 365 valence electrons. The van der Waals surface area contributed by atoms with Crippen LogP contribution in [-0.2, 0) is 37.9 Å². The number of anilines is 5. The van der Waals surface area contributed by atoms with Gasteiger partial charge in [0.05, 0.1) is 5.69 Å². The molecule has 0 atom stereocenters. The van der Waals surface area contributed by atoms with Gasteiger partial charge in [-0.15, -0.1) is 0 Å². The van der Waals surface area contributed by atoms with Crippen molar-refractivity contribution >= 4 is 46.6 Å². The van der Waals surface area contributed by atoms with Crippen LogP contribution in [0.1, 0.15) is 180 Å². The Labute approximate surface area is 433 Å². The lowest BCUT2D eigenvalue weighted by Crippen LogP contribution is -2.44. The molecule has 3 heteroatoms. The van der Waals surface area contributed by atoms with E-state index >= 15 is 0 Å². The van der Waals surface area contributed by atoms with Gasteiger partial charge in [-0.05, 0) is 186 Å². The van der Waals surface area contributed by atoms with Crippen molar-refractivity contribution in [3.8, 4) is 33.4 Å². The van der Waals surface area contributed by atoms with E-state index in [1.54, 1.807) is 0 Å². The lowest BCUT2D eigenvalue weighted by Gasteiger charge is -2.45. The molecule has 12 rings (SSSR count). The maximum atomic E-state index is 4.28. The predicted octanol–water partition coefficient (Wildman–Crippen LogP) is 17.6. The van der Waals surface area contributed by atoms with E-state index in [1.165, 1.54) is 150 Å². The first-order valence-electron chi connectivity index (χ1n) is 27.3. The van der Waals surface area contributed by atoms with Crippen molar-refractivity contribution in [1.29, 1.82) is 0 Å². The maximum absolute atomic E-state index is 4.28. The lowest BCUT2D eigenvalue weighted by molar-refractivity contribution is 0.332. The molecular weight excluding hydrogens is 868 g/mol. The number of benzene rings is 7. The third kappa shape index (κ3) is 7.16. The Kier molecular flexibility index (Phi) is 10.2. The summed E-state index contributed by atoms with van der Waals surface area (Å²) < 4.78 is 0. The van der Waals surface area contributed by atoms with Gasteiger partial charge in [-0.1, -0.05) is 187 Å². The molecule has 4 aliphatic carbocycles. The summed E-state index contributed by atoms with van der Waals surface area (Å²) in [5.41, 5.74) is 28.2. The van der Waals surface area contributed by atoms with Crippen LogP contribution in [0.25, 0.3) is 33.4 Å². The van der Waals surface area contributed by atoms with E-state index in [0.717, 1.165) is 5.69 Å². The summed E-state index contributed by atoms with van der Waals surface area (Å²) in [6, 6.07) is 50.2. The monoisotopic (exact) mass is 944 g/mol. The van der Waals surface area contributed by atoms with Crippen LogP contribution in [0.4, 0.5) is 28.4 Å². The fraction of sp³-hybridized carbons (Fsp3) is 0.391. The number of nitrogens with one attached hydrogen (secondary N) is 1. The van der Waals surface area contributed by atoms with Crippen molar-refractivity contribution in [1.82, 2.24) is 0 Å². The average Bonchev–Trinajstić information content (AvgIpc) is 3.58. The van der Waals surface area contributed by atoms with Crippen LogP contribution >= 0.6 is 0 Å². The van der Waals surface area contributed by atoms with Crippen molar-refractivity contribution in [2.45, 2.75) is 173 Å². The van der Waals surface area contributed by atoms with Crippen LogP contribution in [-0.4, -0.2) is 7.28 Å². The molecule has 0 fully saturated rings. The fourth-order valence-electron chi connectivity index (χ4n) is 14.2. The second-order valence-electron chi connectivity index (χ2n) is 27.3. The molecule has 5 aliphatic rings.